The van der Waals surface area contributed by atoms with Crippen LogP contribution in [0.4, 0.5) is 5.95 Å². The zero-order valence-corrected chi connectivity index (χ0v) is 27.3. The van der Waals surface area contributed by atoms with Crippen LogP contribution in [-0.4, -0.2) is 68.4 Å². The van der Waals surface area contributed by atoms with E-state index in [0.717, 1.165) is 36.5 Å². The normalized spacial score (nSPS) is 17.0. The van der Waals surface area contributed by atoms with Gasteiger partial charge in [-0.05, 0) is 73.6 Å². The lowest BCUT2D eigenvalue weighted by Crippen LogP contribution is -2.48. The lowest BCUT2D eigenvalue weighted by Gasteiger charge is -2.34. The van der Waals surface area contributed by atoms with Gasteiger partial charge >= 0.3 is 0 Å². The molecule has 3 aromatic carbocycles. The number of aromatic nitrogens is 4. The molecule has 0 aliphatic carbocycles. The van der Waals surface area contributed by atoms with Crippen molar-refractivity contribution in [3.8, 4) is 0 Å². The summed E-state index contributed by atoms with van der Waals surface area (Å²) >= 11 is 6.18. The number of nitrogens with one attached hydrogen (secondary N) is 1. The molecule has 2 aromatic heterocycles. The molecule has 2 saturated heterocycles. The van der Waals surface area contributed by atoms with Crippen molar-refractivity contribution >= 4 is 34.4 Å². The zero-order chi connectivity index (χ0) is 32.3. The van der Waals surface area contributed by atoms with E-state index in [-0.39, 0.29) is 17.5 Å². The summed E-state index contributed by atoms with van der Waals surface area (Å²) in [7, 11) is 0. The summed E-state index contributed by atoms with van der Waals surface area (Å²) in [6.07, 6.45) is 5.22. The van der Waals surface area contributed by atoms with E-state index < -0.39 is 0 Å². The zero-order valence-electron chi connectivity index (χ0n) is 26.5. The number of para-hydroxylation sites is 1. The highest BCUT2D eigenvalue weighted by molar-refractivity contribution is 6.30. The molecule has 47 heavy (non-hydrogen) atoms. The van der Waals surface area contributed by atoms with Gasteiger partial charge in [0.2, 0.25) is 5.95 Å². The Bertz CT molecular complexity index is 1950. The van der Waals surface area contributed by atoms with Crippen LogP contribution in [0, 0.1) is 6.92 Å². The Morgan fingerprint density at radius 3 is 2.49 bits per heavy atom. The highest BCUT2D eigenvalue weighted by Crippen LogP contribution is 2.35. The maximum atomic E-state index is 14.0. The van der Waals surface area contributed by atoms with Gasteiger partial charge < -0.3 is 14.8 Å². The van der Waals surface area contributed by atoms with E-state index in [1.165, 1.54) is 16.7 Å². The average molecular weight is 648 g/mol. The Labute approximate surface area is 279 Å². The fourth-order valence-corrected chi connectivity index (χ4v) is 6.92. The minimum atomic E-state index is -0.130. The van der Waals surface area contributed by atoms with Gasteiger partial charge in [0.15, 0.2) is 0 Å². The summed E-state index contributed by atoms with van der Waals surface area (Å²) < 4.78 is 0. The molecule has 0 unspecified atom stereocenters. The third-order valence-electron chi connectivity index (χ3n) is 9.44. The van der Waals surface area contributed by atoms with Crippen LogP contribution < -0.4 is 10.5 Å². The van der Waals surface area contributed by atoms with Crippen molar-refractivity contribution in [1.82, 2.24) is 29.7 Å². The van der Waals surface area contributed by atoms with E-state index >= 15 is 0 Å². The van der Waals surface area contributed by atoms with Gasteiger partial charge in [0.05, 0.1) is 34.7 Å². The van der Waals surface area contributed by atoms with Crippen molar-refractivity contribution in [2.75, 3.05) is 37.6 Å². The summed E-state index contributed by atoms with van der Waals surface area (Å²) in [4.78, 5) is 50.5. The molecule has 1 atom stereocenters. The van der Waals surface area contributed by atoms with Crippen LogP contribution in [0.2, 0.25) is 5.02 Å². The molecule has 10 heteroatoms. The van der Waals surface area contributed by atoms with E-state index in [2.05, 4.69) is 57.0 Å². The van der Waals surface area contributed by atoms with E-state index in [0.29, 0.717) is 67.4 Å². The summed E-state index contributed by atoms with van der Waals surface area (Å²) in [6, 6.07) is 23.9. The van der Waals surface area contributed by atoms with Crippen molar-refractivity contribution < 1.29 is 4.79 Å². The number of rotatable bonds is 8. The maximum Gasteiger partial charge on any atom is 0.258 e. The van der Waals surface area contributed by atoms with Crippen LogP contribution in [0.15, 0.2) is 83.8 Å². The number of anilines is 1. The average Bonchev–Trinajstić information content (AvgIpc) is 3.58. The quantitative estimate of drug-likeness (QED) is 0.229. The third kappa shape index (κ3) is 6.77. The third-order valence-corrected chi connectivity index (χ3v) is 9.69. The molecule has 9 nitrogen and oxygen atoms in total. The Hall–Kier alpha value is -4.60. The molecular weight excluding hydrogens is 610 g/mol. The first kappa shape index (κ1) is 31.0. The van der Waals surface area contributed by atoms with Crippen molar-refractivity contribution in [2.45, 2.75) is 45.2 Å². The van der Waals surface area contributed by atoms with Gasteiger partial charge in [0, 0.05) is 43.9 Å². The topological polar surface area (TPSA) is 98.3 Å². The van der Waals surface area contributed by atoms with Crippen molar-refractivity contribution in [3.05, 3.63) is 128 Å². The molecule has 1 N–H and O–H groups in total. The number of carbonyl (C=O) groups excluding carboxylic acids is 1. The maximum absolute atomic E-state index is 14.0. The smallest absolute Gasteiger partial charge is 0.258 e. The van der Waals surface area contributed by atoms with Crippen LogP contribution in [0.1, 0.15) is 57.5 Å². The lowest BCUT2D eigenvalue weighted by molar-refractivity contribution is 0.0623. The van der Waals surface area contributed by atoms with Gasteiger partial charge in [-0.2, -0.15) is 0 Å². The minimum Gasteiger partial charge on any atom is -0.336 e. The Morgan fingerprint density at radius 1 is 0.915 bits per heavy atom. The SMILES string of the molecule is Cc1ccccc1CCc1nc(N2CCC[C@H]2c2ccc(Cl)cc2)ncc1C(=O)N1CCN(Cc2nc3ccccc3c(=O)[nH]2)CC1. The summed E-state index contributed by atoms with van der Waals surface area (Å²) in [5.74, 6) is 1.26. The molecule has 2 fully saturated rings. The first-order valence-electron chi connectivity index (χ1n) is 16.3. The number of aromatic amines is 1. The fourth-order valence-electron chi connectivity index (χ4n) is 6.80. The highest BCUT2D eigenvalue weighted by Gasteiger charge is 2.30. The number of hydrogen-bond acceptors (Lipinski definition) is 7. The highest BCUT2D eigenvalue weighted by atomic mass is 35.5. The Kier molecular flexibility index (Phi) is 9.00. The van der Waals surface area contributed by atoms with Crippen LogP contribution in [0.5, 0.6) is 0 Å². The number of H-pyrrole nitrogens is 1. The summed E-state index contributed by atoms with van der Waals surface area (Å²) in [5, 5.41) is 1.31. The largest absolute Gasteiger partial charge is 0.336 e. The van der Waals surface area contributed by atoms with Crippen LogP contribution in [0.3, 0.4) is 0 Å². The van der Waals surface area contributed by atoms with Crippen molar-refractivity contribution in [1.29, 1.82) is 0 Å². The molecule has 7 rings (SSSR count). The number of aryl methyl sites for hydroxylation is 3. The number of piperazine rings is 1. The molecule has 0 bridgehead atoms. The van der Waals surface area contributed by atoms with E-state index in [1.807, 2.05) is 41.3 Å². The predicted octanol–water partition coefficient (Wildman–Crippen LogP) is 5.76. The van der Waals surface area contributed by atoms with Gasteiger partial charge in [-0.3, -0.25) is 14.5 Å². The Balaban J connectivity index is 1.09. The van der Waals surface area contributed by atoms with E-state index in [1.54, 1.807) is 12.3 Å². The van der Waals surface area contributed by atoms with Gasteiger partial charge in [0.25, 0.3) is 11.5 Å². The second-order valence-corrected chi connectivity index (χ2v) is 12.9. The molecule has 0 spiro atoms. The lowest BCUT2D eigenvalue weighted by atomic mass is 10.0. The fraction of sp³-hybridized carbons (Fsp3) is 0.324. The first-order valence-corrected chi connectivity index (χ1v) is 16.7. The molecule has 1 amide bonds. The van der Waals surface area contributed by atoms with Gasteiger partial charge in [-0.25, -0.2) is 15.0 Å². The van der Waals surface area contributed by atoms with Crippen LogP contribution in [-0.2, 0) is 19.4 Å². The van der Waals surface area contributed by atoms with E-state index in [9.17, 15) is 9.59 Å². The van der Waals surface area contributed by atoms with Gasteiger partial charge in [0.1, 0.15) is 5.82 Å². The van der Waals surface area contributed by atoms with Crippen LogP contribution >= 0.6 is 11.6 Å². The standard InChI is InChI=1S/C37H38ClN7O2/c1-25-7-2-3-8-26(25)14-17-32-30(23-39-37(41-32)45-18-6-11-33(45)27-12-15-28(38)16-13-27)36(47)44-21-19-43(20-22-44)24-34-40-31-10-5-4-9-29(31)35(46)42-34/h2-5,7-10,12-13,15-16,23,33H,6,11,14,17-22,24H2,1H3,(H,40,42,46)/t33-/m0/s1. The Morgan fingerprint density at radius 2 is 1.68 bits per heavy atom. The number of fused-ring (bicyclic) bond motifs is 1. The predicted molar refractivity (Wildman–Crippen MR) is 185 cm³/mol. The summed E-state index contributed by atoms with van der Waals surface area (Å²) in [6.45, 7) is 5.99. The van der Waals surface area contributed by atoms with Crippen molar-refractivity contribution in [2.24, 2.45) is 0 Å². The number of amides is 1. The molecule has 2 aliphatic heterocycles. The number of benzene rings is 3. The molecule has 2 aliphatic rings. The van der Waals surface area contributed by atoms with Crippen LogP contribution in [0.25, 0.3) is 10.9 Å². The molecule has 0 saturated carbocycles. The molecule has 4 heterocycles. The molecular formula is C37H38ClN7O2. The number of hydrogen-bond donors (Lipinski definition) is 1. The number of carbonyl (C=O) groups is 1. The monoisotopic (exact) mass is 647 g/mol. The number of halogens is 1. The molecule has 0 radical (unpaired) electrons. The number of nitrogens with zero attached hydrogens (tertiary/aromatic N) is 6. The van der Waals surface area contributed by atoms with Gasteiger partial charge in [-0.15, -0.1) is 0 Å². The van der Waals surface area contributed by atoms with Crippen molar-refractivity contribution in [3.63, 3.8) is 0 Å². The van der Waals surface area contributed by atoms with E-state index in [4.69, 9.17) is 21.6 Å². The molecule has 5 aromatic rings. The minimum absolute atomic E-state index is 0.0381. The molecule has 240 valence electrons. The summed E-state index contributed by atoms with van der Waals surface area (Å²) in [5.41, 5.74) is 5.59. The van der Waals surface area contributed by atoms with Gasteiger partial charge in [-0.1, -0.05) is 60.1 Å². The first-order chi connectivity index (χ1) is 22.9. The second kappa shape index (κ2) is 13.6. The second-order valence-electron chi connectivity index (χ2n) is 12.5.